The zero-order valence-electron chi connectivity index (χ0n) is 8.44. The number of carbonyl (C=O) groups is 1. The van der Waals surface area contributed by atoms with E-state index in [4.69, 9.17) is 0 Å². The topological polar surface area (TPSA) is 47.8 Å². The summed E-state index contributed by atoms with van der Waals surface area (Å²) >= 11 is 0. The standard InChI is InChI=1S/C10H15N3O/c1-2-13-10(11-7-12-13)6-5-9(14)8-3-4-8/h7-8H,2-6H2,1H3. The number of ketones is 1. The lowest BCUT2D eigenvalue weighted by Crippen LogP contribution is -2.08. The summed E-state index contributed by atoms with van der Waals surface area (Å²) in [5.74, 6) is 1.70. The molecule has 1 aliphatic rings. The van der Waals surface area contributed by atoms with Gasteiger partial charge in [0, 0.05) is 25.3 Å². The Hall–Kier alpha value is -1.19. The van der Waals surface area contributed by atoms with E-state index in [-0.39, 0.29) is 0 Å². The van der Waals surface area contributed by atoms with Crippen LogP contribution in [0.4, 0.5) is 0 Å². The summed E-state index contributed by atoms with van der Waals surface area (Å²) in [4.78, 5) is 15.6. The Labute approximate surface area is 83.3 Å². The summed E-state index contributed by atoms with van der Waals surface area (Å²) in [6, 6.07) is 0. The molecule has 1 saturated carbocycles. The molecule has 1 aliphatic carbocycles. The quantitative estimate of drug-likeness (QED) is 0.706. The molecule has 2 rings (SSSR count). The maximum Gasteiger partial charge on any atom is 0.138 e. The van der Waals surface area contributed by atoms with Crippen molar-refractivity contribution in [3.8, 4) is 0 Å². The third-order valence-corrected chi connectivity index (χ3v) is 2.62. The molecule has 4 heteroatoms. The van der Waals surface area contributed by atoms with E-state index in [1.807, 2.05) is 11.6 Å². The summed E-state index contributed by atoms with van der Waals surface area (Å²) < 4.78 is 1.85. The molecule has 0 spiro atoms. The minimum atomic E-state index is 0.369. The fourth-order valence-electron chi connectivity index (χ4n) is 1.59. The highest BCUT2D eigenvalue weighted by molar-refractivity contribution is 5.83. The van der Waals surface area contributed by atoms with E-state index in [2.05, 4.69) is 10.1 Å². The number of hydrogen-bond acceptors (Lipinski definition) is 3. The third-order valence-electron chi connectivity index (χ3n) is 2.62. The van der Waals surface area contributed by atoms with Gasteiger partial charge in [-0.3, -0.25) is 9.48 Å². The van der Waals surface area contributed by atoms with Crippen LogP contribution in [0.25, 0.3) is 0 Å². The number of rotatable bonds is 5. The van der Waals surface area contributed by atoms with Crippen LogP contribution in [-0.2, 0) is 17.8 Å². The number of aryl methyl sites for hydroxylation is 2. The molecular formula is C10H15N3O. The van der Waals surface area contributed by atoms with Crippen molar-refractivity contribution in [1.82, 2.24) is 14.8 Å². The molecule has 1 aromatic rings. The van der Waals surface area contributed by atoms with Crippen LogP contribution in [0, 0.1) is 5.92 Å². The van der Waals surface area contributed by atoms with E-state index in [1.165, 1.54) is 0 Å². The Morgan fingerprint density at radius 1 is 1.64 bits per heavy atom. The second-order valence-corrected chi connectivity index (χ2v) is 3.73. The smallest absolute Gasteiger partial charge is 0.138 e. The van der Waals surface area contributed by atoms with Crippen LogP contribution in [-0.4, -0.2) is 20.5 Å². The second kappa shape index (κ2) is 3.90. The number of nitrogens with zero attached hydrogens (tertiary/aromatic N) is 3. The molecule has 0 aromatic carbocycles. The molecule has 0 saturated heterocycles. The average Bonchev–Trinajstić information content (AvgIpc) is 2.94. The SMILES string of the molecule is CCn1ncnc1CCC(=O)C1CC1. The van der Waals surface area contributed by atoms with Gasteiger partial charge < -0.3 is 0 Å². The van der Waals surface area contributed by atoms with Crippen molar-refractivity contribution in [1.29, 1.82) is 0 Å². The van der Waals surface area contributed by atoms with E-state index in [1.54, 1.807) is 6.33 Å². The molecule has 0 aliphatic heterocycles. The minimum absolute atomic E-state index is 0.369. The van der Waals surface area contributed by atoms with Gasteiger partial charge in [-0.1, -0.05) is 0 Å². The van der Waals surface area contributed by atoms with Crippen molar-refractivity contribution in [3.63, 3.8) is 0 Å². The molecule has 76 valence electrons. The summed E-state index contributed by atoms with van der Waals surface area (Å²) in [5.41, 5.74) is 0. The Morgan fingerprint density at radius 3 is 3.07 bits per heavy atom. The lowest BCUT2D eigenvalue weighted by Gasteiger charge is -2.01. The molecule has 14 heavy (non-hydrogen) atoms. The first kappa shape index (κ1) is 9.37. The van der Waals surface area contributed by atoms with Gasteiger partial charge in [-0.15, -0.1) is 0 Å². The summed E-state index contributed by atoms with van der Waals surface area (Å²) in [6.45, 7) is 2.86. The van der Waals surface area contributed by atoms with Crippen molar-refractivity contribution < 1.29 is 4.79 Å². The third kappa shape index (κ3) is 2.00. The lowest BCUT2D eigenvalue weighted by atomic mass is 10.1. The zero-order chi connectivity index (χ0) is 9.97. The van der Waals surface area contributed by atoms with Gasteiger partial charge in [0.1, 0.15) is 17.9 Å². The maximum atomic E-state index is 11.4. The largest absolute Gasteiger partial charge is 0.299 e. The second-order valence-electron chi connectivity index (χ2n) is 3.73. The first-order valence-electron chi connectivity index (χ1n) is 5.20. The van der Waals surface area contributed by atoms with Crippen LogP contribution in [0.2, 0.25) is 0 Å². The van der Waals surface area contributed by atoms with Crippen molar-refractivity contribution >= 4 is 5.78 Å². The normalized spacial score (nSPS) is 15.8. The predicted molar refractivity (Wildman–Crippen MR) is 51.7 cm³/mol. The van der Waals surface area contributed by atoms with Crippen molar-refractivity contribution in [2.24, 2.45) is 5.92 Å². The van der Waals surface area contributed by atoms with Gasteiger partial charge in [0.2, 0.25) is 0 Å². The van der Waals surface area contributed by atoms with Gasteiger partial charge in [0.15, 0.2) is 0 Å². The molecule has 0 N–H and O–H groups in total. The van der Waals surface area contributed by atoms with Crippen LogP contribution in [0.1, 0.15) is 32.0 Å². The van der Waals surface area contributed by atoms with Gasteiger partial charge >= 0.3 is 0 Å². The van der Waals surface area contributed by atoms with Crippen LogP contribution >= 0.6 is 0 Å². The molecule has 1 aromatic heterocycles. The Kier molecular flexibility index (Phi) is 2.61. The summed E-state index contributed by atoms with van der Waals surface area (Å²) in [6.07, 6.45) is 5.12. The maximum absolute atomic E-state index is 11.4. The van der Waals surface area contributed by atoms with E-state index in [0.29, 0.717) is 18.1 Å². The molecule has 0 amide bonds. The predicted octanol–water partition coefficient (Wildman–Crippen LogP) is 1.21. The van der Waals surface area contributed by atoms with Gasteiger partial charge in [-0.25, -0.2) is 4.98 Å². The van der Waals surface area contributed by atoms with Crippen LogP contribution in [0.3, 0.4) is 0 Å². The highest BCUT2D eigenvalue weighted by Crippen LogP contribution is 2.31. The minimum Gasteiger partial charge on any atom is -0.299 e. The summed E-state index contributed by atoms with van der Waals surface area (Å²) in [5, 5.41) is 4.07. The first-order chi connectivity index (χ1) is 6.81. The highest BCUT2D eigenvalue weighted by atomic mass is 16.1. The number of carbonyl (C=O) groups excluding carboxylic acids is 1. The van der Waals surface area contributed by atoms with Crippen LogP contribution in [0.15, 0.2) is 6.33 Å². The van der Waals surface area contributed by atoms with Gasteiger partial charge in [0.05, 0.1) is 0 Å². The van der Waals surface area contributed by atoms with Crippen molar-refractivity contribution in [3.05, 3.63) is 12.2 Å². The van der Waals surface area contributed by atoms with Crippen molar-refractivity contribution in [2.75, 3.05) is 0 Å². The molecule has 4 nitrogen and oxygen atoms in total. The molecule has 0 bridgehead atoms. The van der Waals surface area contributed by atoms with E-state index in [9.17, 15) is 4.79 Å². The molecule has 0 unspecified atom stereocenters. The molecule has 0 atom stereocenters. The fourth-order valence-corrected chi connectivity index (χ4v) is 1.59. The van der Waals surface area contributed by atoms with Crippen LogP contribution in [0.5, 0.6) is 0 Å². The molecular weight excluding hydrogens is 178 g/mol. The highest BCUT2D eigenvalue weighted by Gasteiger charge is 2.28. The summed E-state index contributed by atoms with van der Waals surface area (Å²) in [7, 11) is 0. The first-order valence-corrected chi connectivity index (χ1v) is 5.20. The Morgan fingerprint density at radius 2 is 2.43 bits per heavy atom. The number of hydrogen-bond donors (Lipinski definition) is 0. The molecule has 1 heterocycles. The lowest BCUT2D eigenvalue weighted by molar-refractivity contribution is -0.120. The van der Waals surface area contributed by atoms with Crippen LogP contribution < -0.4 is 0 Å². The van der Waals surface area contributed by atoms with E-state index in [0.717, 1.165) is 31.6 Å². The molecule has 0 radical (unpaired) electrons. The Bertz CT molecular complexity index is 328. The average molecular weight is 193 g/mol. The fraction of sp³-hybridized carbons (Fsp3) is 0.700. The number of aromatic nitrogens is 3. The van der Waals surface area contributed by atoms with Gasteiger partial charge in [0.25, 0.3) is 0 Å². The van der Waals surface area contributed by atoms with Gasteiger partial charge in [-0.2, -0.15) is 5.10 Å². The van der Waals surface area contributed by atoms with Gasteiger partial charge in [-0.05, 0) is 19.8 Å². The molecule has 1 fully saturated rings. The monoisotopic (exact) mass is 193 g/mol. The van der Waals surface area contributed by atoms with E-state index < -0.39 is 0 Å². The Balaban J connectivity index is 1.87. The van der Waals surface area contributed by atoms with Crippen molar-refractivity contribution in [2.45, 2.75) is 39.2 Å². The zero-order valence-corrected chi connectivity index (χ0v) is 8.44. The van der Waals surface area contributed by atoms with E-state index >= 15 is 0 Å². The number of Topliss-reactive ketones (excluding diaryl/α,β-unsaturated/α-hetero) is 1.